The van der Waals surface area contributed by atoms with Crippen molar-refractivity contribution in [2.45, 2.75) is 6.54 Å². The van der Waals surface area contributed by atoms with Crippen LogP contribution in [0.2, 0.25) is 0 Å². The first-order chi connectivity index (χ1) is 11.7. The molecule has 3 heterocycles. The van der Waals surface area contributed by atoms with Gasteiger partial charge in [-0.25, -0.2) is 9.37 Å². The van der Waals surface area contributed by atoms with E-state index in [2.05, 4.69) is 14.9 Å². The summed E-state index contributed by atoms with van der Waals surface area (Å²) in [5.74, 6) is -0.318. The fourth-order valence-electron chi connectivity index (χ4n) is 2.67. The highest BCUT2D eigenvalue weighted by Crippen LogP contribution is 2.25. The number of ether oxygens (including phenoxy) is 1. The number of nitrogens with zero attached hydrogens (tertiary/aromatic N) is 4. The molecule has 0 atom stereocenters. The maximum atomic E-state index is 13.3. The summed E-state index contributed by atoms with van der Waals surface area (Å²) in [6.07, 6.45) is 1.47. The number of halogens is 1. The second kappa shape index (κ2) is 6.29. The summed E-state index contributed by atoms with van der Waals surface area (Å²) >= 11 is 1.35. The maximum Gasteiger partial charge on any atom is 0.273 e. The van der Waals surface area contributed by atoms with E-state index in [9.17, 15) is 9.18 Å². The minimum Gasteiger partial charge on any atom is -0.378 e. The van der Waals surface area contributed by atoms with Crippen LogP contribution >= 0.6 is 11.3 Å². The molecule has 2 aromatic heterocycles. The molecule has 124 valence electrons. The molecule has 1 aliphatic heterocycles. The van der Waals surface area contributed by atoms with Gasteiger partial charge >= 0.3 is 0 Å². The van der Waals surface area contributed by atoms with E-state index in [0.29, 0.717) is 23.6 Å². The summed E-state index contributed by atoms with van der Waals surface area (Å²) in [6.45, 7) is 3.12. The third-order valence-corrected chi connectivity index (χ3v) is 4.99. The quantitative estimate of drug-likeness (QED) is 0.725. The normalized spacial score (nSPS) is 15.1. The largest absolute Gasteiger partial charge is 0.378 e. The standard InChI is InChI=1S/C16H15FN4O2S/c17-12-3-1-2-11(8-12)9-21-10-18-14-13(15(21)22)24-16(19-14)20-4-6-23-7-5-20/h1-3,8,10H,4-7,9H2. The number of hydrogen-bond donors (Lipinski definition) is 0. The molecule has 6 nitrogen and oxygen atoms in total. The first-order valence-electron chi connectivity index (χ1n) is 7.64. The second-order valence-electron chi connectivity index (χ2n) is 5.56. The maximum absolute atomic E-state index is 13.3. The van der Waals surface area contributed by atoms with Gasteiger partial charge in [-0.2, -0.15) is 4.98 Å². The topological polar surface area (TPSA) is 60.3 Å². The number of rotatable bonds is 3. The van der Waals surface area contributed by atoms with E-state index >= 15 is 0 Å². The lowest BCUT2D eigenvalue weighted by molar-refractivity contribution is 0.122. The lowest BCUT2D eigenvalue weighted by atomic mass is 10.2. The molecule has 0 radical (unpaired) electrons. The average Bonchev–Trinajstić information content (AvgIpc) is 3.03. The Morgan fingerprint density at radius 1 is 1.29 bits per heavy atom. The van der Waals surface area contributed by atoms with Gasteiger partial charge < -0.3 is 9.64 Å². The van der Waals surface area contributed by atoms with Gasteiger partial charge in [0.15, 0.2) is 10.8 Å². The lowest BCUT2D eigenvalue weighted by Crippen LogP contribution is -2.36. The Kier molecular flexibility index (Phi) is 3.99. The molecule has 24 heavy (non-hydrogen) atoms. The molecule has 0 N–H and O–H groups in total. The number of anilines is 1. The lowest BCUT2D eigenvalue weighted by Gasteiger charge is -2.25. The van der Waals surface area contributed by atoms with Crippen LogP contribution in [0.4, 0.5) is 9.52 Å². The monoisotopic (exact) mass is 346 g/mol. The summed E-state index contributed by atoms with van der Waals surface area (Å²) in [7, 11) is 0. The Hall–Kier alpha value is -2.32. The number of aromatic nitrogens is 3. The van der Waals surface area contributed by atoms with Crippen molar-refractivity contribution in [2.24, 2.45) is 0 Å². The molecular weight excluding hydrogens is 331 g/mol. The highest BCUT2D eigenvalue weighted by atomic mass is 32.1. The molecule has 1 saturated heterocycles. The van der Waals surface area contributed by atoms with Gasteiger partial charge in [-0.05, 0) is 17.7 Å². The number of thiazole rings is 1. The average molecular weight is 346 g/mol. The summed E-state index contributed by atoms with van der Waals surface area (Å²) in [5.41, 5.74) is 1.03. The van der Waals surface area contributed by atoms with E-state index in [1.54, 1.807) is 12.1 Å². The smallest absolute Gasteiger partial charge is 0.273 e. The minimum absolute atomic E-state index is 0.152. The van der Waals surface area contributed by atoms with Crippen molar-refractivity contribution in [3.8, 4) is 0 Å². The fourth-order valence-corrected chi connectivity index (χ4v) is 3.69. The van der Waals surface area contributed by atoms with Crippen LogP contribution in [0.15, 0.2) is 35.4 Å². The highest BCUT2D eigenvalue weighted by molar-refractivity contribution is 7.22. The van der Waals surface area contributed by atoms with Crippen LogP contribution in [0.1, 0.15) is 5.56 Å². The molecule has 0 unspecified atom stereocenters. The third kappa shape index (κ3) is 2.90. The molecule has 0 spiro atoms. The molecule has 0 amide bonds. The molecule has 8 heteroatoms. The predicted molar refractivity (Wildman–Crippen MR) is 90.2 cm³/mol. The van der Waals surface area contributed by atoms with Crippen molar-refractivity contribution in [1.82, 2.24) is 14.5 Å². The Labute approximate surface area is 141 Å². The van der Waals surface area contributed by atoms with E-state index in [4.69, 9.17) is 4.74 Å². The third-order valence-electron chi connectivity index (χ3n) is 3.90. The SMILES string of the molecule is O=c1c2sc(N3CCOCC3)nc2ncn1Cc1cccc(F)c1. The summed E-state index contributed by atoms with van der Waals surface area (Å²) < 4.78 is 20.7. The summed E-state index contributed by atoms with van der Waals surface area (Å²) in [5, 5.41) is 0.793. The van der Waals surface area contributed by atoms with Crippen molar-refractivity contribution in [3.63, 3.8) is 0 Å². The first kappa shape index (κ1) is 15.2. The van der Waals surface area contributed by atoms with Crippen LogP contribution in [0.25, 0.3) is 10.3 Å². The molecule has 0 aliphatic carbocycles. The van der Waals surface area contributed by atoms with E-state index in [-0.39, 0.29) is 17.9 Å². The van der Waals surface area contributed by atoms with Crippen molar-refractivity contribution >= 4 is 26.8 Å². The number of hydrogen-bond acceptors (Lipinski definition) is 6. The van der Waals surface area contributed by atoms with Gasteiger partial charge in [0.1, 0.15) is 16.8 Å². The first-order valence-corrected chi connectivity index (χ1v) is 8.45. The van der Waals surface area contributed by atoms with Crippen LogP contribution in [-0.4, -0.2) is 40.8 Å². The van der Waals surface area contributed by atoms with Crippen LogP contribution in [0.3, 0.4) is 0 Å². The molecule has 1 aromatic carbocycles. The highest BCUT2D eigenvalue weighted by Gasteiger charge is 2.18. The van der Waals surface area contributed by atoms with E-state index in [1.165, 1.54) is 34.4 Å². The van der Waals surface area contributed by atoms with Crippen LogP contribution in [0, 0.1) is 5.82 Å². The van der Waals surface area contributed by atoms with Gasteiger partial charge in [0, 0.05) is 13.1 Å². The van der Waals surface area contributed by atoms with Crippen LogP contribution < -0.4 is 10.5 Å². The van der Waals surface area contributed by atoms with Crippen LogP contribution in [-0.2, 0) is 11.3 Å². The molecule has 0 bridgehead atoms. The zero-order chi connectivity index (χ0) is 16.5. The van der Waals surface area contributed by atoms with Crippen LogP contribution in [0.5, 0.6) is 0 Å². The van der Waals surface area contributed by atoms with Crippen molar-refractivity contribution < 1.29 is 9.13 Å². The fraction of sp³-hybridized carbons (Fsp3) is 0.312. The Morgan fingerprint density at radius 3 is 2.92 bits per heavy atom. The van der Waals surface area contributed by atoms with Gasteiger partial charge in [0.25, 0.3) is 5.56 Å². The molecule has 1 fully saturated rings. The summed E-state index contributed by atoms with van der Waals surface area (Å²) in [6, 6.07) is 6.21. The number of fused-ring (bicyclic) bond motifs is 1. The van der Waals surface area contributed by atoms with Gasteiger partial charge in [-0.15, -0.1) is 0 Å². The van der Waals surface area contributed by atoms with E-state index in [0.717, 1.165) is 23.8 Å². The Balaban J connectivity index is 1.68. The number of benzene rings is 1. The summed E-state index contributed by atoms with van der Waals surface area (Å²) in [4.78, 5) is 23.5. The Morgan fingerprint density at radius 2 is 2.12 bits per heavy atom. The van der Waals surface area contributed by atoms with E-state index < -0.39 is 0 Å². The zero-order valence-corrected chi connectivity index (χ0v) is 13.6. The van der Waals surface area contributed by atoms with E-state index in [1.807, 2.05) is 0 Å². The zero-order valence-electron chi connectivity index (χ0n) is 12.8. The molecule has 1 aliphatic rings. The van der Waals surface area contributed by atoms with Crippen molar-refractivity contribution in [1.29, 1.82) is 0 Å². The van der Waals surface area contributed by atoms with Crippen molar-refractivity contribution in [2.75, 3.05) is 31.2 Å². The van der Waals surface area contributed by atoms with Crippen molar-refractivity contribution in [3.05, 3.63) is 52.3 Å². The van der Waals surface area contributed by atoms with Gasteiger partial charge in [-0.1, -0.05) is 23.5 Å². The predicted octanol–water partition coefficient (Wildman–Crippen LogP) is 1.88. The minimum atomic E-state index is -0.318. The second-order valence-corrected chi connectivity index (χ2v) is 6.53. The molecule has 0 saturated carbocycles. The Bertz CT molecular complexity index is 933. The van der Waals surface area contributed by atoms with Gasteiger partial charge in [-0.3, -0.25) is 9.36 Å². The molecule has 4 rings (SSSR count). The van der Waals surface area contributed by atoms with Gasteiger partial charge in [0.05, 0.1) is 19.8 Å². The van der Waals surface area contributed by atoms with Gasteiger partial charge in [0.2, 0.25) is 0 Å². The molecule has 3 aromatic rings. The molecular formula is C16H15FN4O2S. The number of morpholine rings is 1.